The molecule has 0 saturated heterocycles. The second kappa shape index (κ2) is 8.48. The molecule has 1 atom stereocenters. The van der Waals surface area contributed by atoms with Crippen molar-refractivity contribution in [2.45, 2.75) is 39.2 Å². The van der Waals surface area contributed by atoms with Gasteiger partial charge in [0.2, 0.25) is 0 Å². The van der Waals surface area contributed by atoms with Gasteiger partial charge in [0.15, 0.2) is 0 Å². The zero-order valence-electron chi connectivity index (χ0n) is 13.7. The molecule has 0 aliphatic heterocycles. The van der Waals surface area contributed by atoms with Gasteiger partial charge in [-0.3, -0.25) is 9.89 Å². The first kappa shape index (κ1) is 17.2. The second-order valence-corrected chi connectivity index (χ2v) is 6.18. The molecule has 1 amide bonds. The Kier molecular flexibility index (Phi) is 6.35. The summed E-state index contributed by atoms with van der Waals surface area (Å²) in [5.74, 6) is 0.316. The van der Waals surface area contributed by atoms with Gasteiger partial charge in [-0.2, -0.15) is 5.10 Å². The van der Waals surface area contributed by atoms with Crippen LogP contribution in [0.1, 0.15) is 54.5 Å². The number of nitrogens with one attached hydrogen (secondary N) is 2. The Labute approximate surface area is 137 Å². The van der Waals surface area contributed by atoms with Crippen LogP contribution in [0.4, 0.5) is 0 Å². The highest BCUT2D eigenvalue weighted by molar-refractivity contribution is 5.92. The van der Waals surface area contributed by atoms with E-state index in [-0.39, 0.29) is 18.6 Å². The number of aliphatic hydroxyl groups excluding tert-OH is 1. The third kappa shape index (κ3) is 5.21. The lowest BCUT2D eigenvalue weighted by Crippen LogP contribution is -2.29. The first-order valence-corrected chi connectivity index (χ1v) is 8.11. The highest BCUT2D eigenvalue weighted by Gasteiger charge is 2.17. The van der Waals surface area contributed by atoms with Crippen molar-refractivity contribution in [3.05, 3.63) is 53.3 Å². The van der Waals surface area contributed by atoms with Crippen molar-refractivity contribution in [1.29, 1.82) is 0 Å². The van der Waals surface area contributed by atoms with Crippen molar-refractivity contribution in [2.24, 2.45) is 5.92 Å². The molecule has 0 spiro atoms. The van der Waals surface area contributed by atoms with Gasteiger partial charge in [0.05, 0.1) is 6.04 Å². The molecule has 0 bridgehead atoms. The Hall–Kier alpha value is -2.14. The molecule has 3 N–H and O–H groups in total. The standard InChI is InChI=1S/C18H25N3O2/c1-13(2)11-15-12-17(21-20-15)18(23)19-16(9-6-10-22)14-7-4-3-5-8-14/h3-5,7-8,12-13,16,22H,6,9-11H2,1-2H3,(H,19,23)(H,20,21). The van der Waals surface area contributed by atoms with Gasteiger partial charge >= 0.3 is 0 Å². The minimum Gasteiger partial charge on any atom is -0.396 e. The second-order valence-electron chi connectivity index (χ2n) is 6.18. The molecule has 1 aromatic carbocycles. The molecule has 124 valence electrons. The monoisotopic (exact) mass is 315 g/mol. The van der Waals surface area contributed by atoms with E-state index in [1.54, 1.807) is 0 Å². The van der Waals surface area contributed by atoms with Crippen LogP contribution in [-0.2, 0) is 6.42 Å². The largest absolute Gasteiger partial charge is 0.396 e. The number of hydrogen-bond acceptors (Lipinski definition) is 3. The van der Waals surface area contributed by atoms with Crippen LogP contribution in [0, 0.1) is 5.92 Å². The van der Waals surface area contributed by atoms with E-state index in [1.807, 2.05) is 36.4 Å². The number of aromatic amines is 1. The number of rotatable bonds is 8. The fourth-order valence-corrected chi connectivity index (χ4v) is 2.56. The molecule has 1 heterocycles. The minimum atomic E-state index is -0.192. The molecule has 0 aliphatic rings. The van der Waals surface area contributed by atoms with Crippen LogP contribution in [0.2, 0.25) is 0 Å². The molecule has 5 nitrogen and oxygen atoms in total. The van der Waals surface area contributed by atoms with Gasteiger partial charge in [0, 0.05) is 12.3 Å². The summed E-state index contributed by atoms with van der Waals surface area (Å²) in [5, 5.41) is 19.1. The van der Waals surface area contributed by atoms with Crippen molar-refractivity contribution in [1.82, 2.24) is 15.5 Å². The molecule has 0 fully saturated rings. The summed E-state index contributed by atoms with van der Waals surface area (Å²) in [5.41, 5.74) is 2.41. The van der Waals surface area contributed by atoms with E-state index in [0.29, 0.717) is 24.5 Å². The molecule has 2 rings (SSSR count). The minimum absolute atomic E-state index is 0.111. The van der Waals surface area contributed by atoms with Gasteiger partial charge < -0.3 is 10.4 Å². The van der Waals surface area contributed by atoms with Crippen LogP contribution >= 0.6 is 0 Å². The maximum Gasteiger partial charge on any atom is 0.272 e. The van der Waals surface area contributed by atoms with Crippen LogP contribution in [0.5, 0.6) is 0 Å². The normalized spacial score (nSPS) is 12.3. The average molecular weight is 315 g/mol. The highest BCUT2D eigenvalue weighted by Crippen LogP contribution is 2.19. The summed E-state index contributed by atoms with van der Waals surface area (Å²) in [7, 11) is 0. The van der Waals surface area contributed by atoms with Crippen LogP contribution in [0.25, 0.3) is 0 Å². The van der Waals surface area contributed by atoms with E-state index in [2.05, 4.69) is 29.4 Å². The zero-order valence-corrected chi connectivity index (χ0v) is 13.7. The Morgan fingerprint density at radius 1 is 1.30 bits per heavy atom. The number of benzene rings is 1. The van der Waals surface area contributed by atoms with E-state index in [0.717, 1.165) is 17.7 Å². The Morgan fingerprint density at radius 2 is 2.04 bits per heavy atom. The third-order valence-electron chi connectivity index (χ3n) is 3.65. The number of hydrogen-bond donors (Lipinski definition) is 3. The van der Waals surface area contributed by atoms with Crippen LogP contribution < -0.4 is 5.32 Å². The average Bonchev–Trinajstić information content (AvgIpc) is 3.00. The molecular weight excluding hydrogens is 290 g/mol. The first-order chi connectivity index (χ1) is 11.1. The summed E-state index contributed by atoms with van der Waals surface area (Å²) in [6, 6.07) is 11.5. The Bertz CT molecular complexity index is 608. The number of carbonyl (C=O) groups excluding carboxylic acids is 1. The van der Waals surface area contributed by atoms with Crippen LogP contribution in [0.3, 0.4) is 0 Å². The lowest BCUT2D eigenvalue weighted by Gasteiger charge is -2.18. The van der Waals surface area contributed by atoms with Crippen molar-refractivity contribution in [3.8, 4) is 0 Å². The third-order valence-corrected chi connectivity index (χ3v) is 3.65. The number of carbonyl (C=O) groups is 1. The first-order valence-electron chi connectivity index (χ1n) is 8.11. The topological polar surface area (TPSA) is 78.0 Å². The number of aromatic nitrogens is 2. The molecule has 0 aliphatic carbocycles. The van der Waals surface area contributed by atoms with Crippen molar-refractivity contribution < 1.29 is 9.90 Å². The maximum absolute atomic E-state index is 12.4. The van der Waals surface area contributed by atoms with E-state index < -0.39 is 0 Å². The van der Waals surface area contributed by atoms with Crippen molar-refractivity contribution in [2.75, 3.05) is 6.61 Å². The van der Waals surface area contributed by atoms with Gasteiger partial charge in [-0.25, -0.2) is 0 Å². The van der Waals surface area contributed by atoms with E-state index in [4.69, 9.17) is 5.11 Å². The molecule has 1 unspecified atom stereocenters. The summed E-state index contributed by atoms with van der Waals surface area (Å²) < 4.78 is 0. The molecule has 2 aromatic rings. The SMILES string of the molecule is CC(C)Cc1cc(C(=O)NC(CCCO)c2ccccc2)n[nH]1. The highest BCUT2D eigenvalue weighted by atomic mass is 16.3. The van der Waals surface area contributed by atoms with E-state index in [1.165, 1.54) is 0 Å². The van der Waals surface area contributed by atoms with Gasteiger partial charge in [-0.1, -0.05) is 44.2 Å². The number of nitrogens with zero attached hydrogens (tertiary/aromatic N) is 1. The molecule has 0 saturated carbocycles. The summed E-state index contributed by atoms with van der Waals surface area (Å²) >= 11 is 0. The molecular formula is C18H25N3O2. The predicted molar refractivity (Wildman–Crippen MR) is 90.1 cm³/mol. The van der Waals surface area contributed by atoms with Gasteiger partial charge in [-0.05, 0) is 36.8 Å². The summed E-state index contributed by atoms with van der Waals surface area (Å²) in [6.07, 6.45) is 2.20. The van der Waals surface area contributed by atoms with Crippen molar-refractivity contribution in [3.63, 3.8) is 0 Å². The number of H-pyrrole nitrogens is 1. The lowest BCUT2D eigenvalue weighted by molar-refractivity contribution is 0.0927. The number of aliphatic hydroxyl groups is 1. The van der Waals surface area contributed by atoms with Crippen LogP contribution in [0.15, 0.2) is 36.4 Å². The maximum atomic E-state index is 12.4. The number of amides is 1. The Morgan fingerprint density at radius 3 is 2.70 bits per heavy atom. The van der Waals surface area contributed by atoms with Gasteiger partial charge in [0.1, 0.15) is 5.69 Å². The van der Waals surface area contributed by atoms with E-state index in [9.17, 15) is 4.79 Å². The summed E-state index contributed by atoms with van der Waals surface area (Å²) in [6.45, 7) is 4.36. The van der Waals surface area contributed by atoms with Crippen molar-refractivity contribution >= 4 is 5.91 Å². The quantitative estimate of drug-likeness (QED) is 0.701. The zero-order chi connectivity index (χ0) is 16.7. The van der Waals surface area contributed by atoms with Gasteiger partial charge in [-0.15, -0.1) is 0 Å². The fourth-order valence-electron chi connectivity index (χ4n) is 2.56. The van der Waals surface area contributed by atoms with Crippen LogP contribution in [-0.4, -0.2) is 27.8 Å². The smallest absolute Gasteiger partial charge is 0.272 e. The summed E-state index contributed by atoms with van der Waals surface area (Å²) in [4.78, 5) is 12.4. The molecule has 1 aromatic heterocycles. The molecule has 0 radical (unpaired) electrons. The lowest BCUT2D eigenvalue weighted by atomic mass is 10.0. The Balaban J connectivity index is 2.06. The molecule has 5 heteroatoms. The molecule has 23 heavy (non-hydrogen) atoms. The van der Waals surface area contributed by atoms with E-state index >= 15 is 0 Å². The van der Waals surface area contributed by atoms with Gasteiger partial charge in [0.25, 0.3) is 5.91 Å². The predicted octanol–water partition coefficient (Wildman–Crippen LogP) is 2.85. The fraction of sp³-hybridized carbons (Fsp3) is 0.444.